The first-order valence-corrected chi connectivity index (χ1v) is 8.78. The zero-order valence-corrected chi connectivity index (χ0v) is 14.4. The van der Waals surface area contributed by atoms with E-state index in [0.29, 0.717) is 0 Å². The average Bonchev–Trinajstić information content (AvgIpc) is 3.08. The molecule has 2 unspecified atom stereocenters. The van der Waals surface area contributed by atoms with Crippen molar-refractivity contribution in [2.75, 3.05) is 18.5 Å². The number of nitrogens with zero attached hydrogens (tertiary/aromatic N) is 4. The maximum atomic E-state index is 12.8. The van der Waals surface area contributed by atoms with Crippen LogP contribution in [-0.4, -0.2) is 39.0 Å². The molecule has 0 aromatic carbocycles. The third-order valence-corrected chi connectivity index (χ3v) is 4.86. The summed E-state index contributed by atoms with van der Waals surface area (Å²) in [6, 6.07) is 1.52. The Morgan fingerprint density at radius 1 is 1.22 bits per heavy atom. The lowest BCUT2D eigenvalue weighted by Crippen LogP contribution is -2.38. The van der Waals surface area contributed by atoms with Crippen molar-refractivity contribution < 1.29 is 17.9 Å². The molecule has 10 heteroatoms. The number of alkyl halides is 3. The minimum atomic E-state index is -4.55. The molecule has 3 heterocycles. The molecule has 1 aliphatic heterocycles. The van der Waals surface area contributed by atoms with Crippen molar-refractivity contribution in [2.24, 2.45) is 0 Å². The van der Waals surface area contributed by atoms with Crippen LogP contribution in [0.2, 0.25) is 0 Å². The molecule has 0 amide bonds. The first-order chi connectivity index (χ1) is 12.9. The Bertz CT molecular complexity index is 899. The van der Waals surface area contributed by atoms with Crippen LogP contribution in [0.1, 0.15) is 35.8 Å². The Hall–Kier alpha value is -2.49. The van der Waals surface area contributed by atoms with Gasteiger partial charge in [0.15, 0.2) is 0 Å². The maximum Gasteiger partial charge on any atom is 0.433 e. The molecule has 1 N–H and O–H groups in total. The van der Waals surface area contributed by atoms with Gasteiger partial charge in [-0.05, 0) is 37.3 Å². The second-order valence-electron chi connectivity index (χ2n) is 6.73. The summed E-state index contributed by atoms with van der Waals surface area (Å²) in [4.78, 5) is 19.9. The lowest BCUT2D eigenvalue weighted by molar-refractivity contribution is -0.141. The standard InChI is InChI=1S/C17H18F3N5O2/c18-17(19,20)14-5-6-21-16(23-14)22-12-8-27-9-13(12)25-15(26)7-10-3-1-2-4-11(10)24-25/h5-7,12-13H,1-4,8-9H2,(H,21,22,23). The van der Waals surface area contributed by atoms with E-state index in [-0.39, 0.29) is 24.7 Å². The summed E-state index contributed by atoms with van der Waals surface area (Å²) in [6.07, 6.45) is 0.229. The summed E-state index contributed by atoms with van der Waals surface area (Å²) in [5.41, 5.74) is 0.622. The van der Waals surface area contributed by atoms with E-state index in [9.17, 15) is 18.0 Å². The van der Waals surface area contributed by atoms with Gasteiger partial charge >= 0.3 is 6.18 Å². The van der Waals surface area contributed by atoms with E-state index in [4.69, 9.17) is 4.74 Å². The molecular formula is C17H18F3N5O2. The smallest absolute Gasteiger partial charge is 0.377 e. The van der Waals surface area contributed by atoms with Gasteiger partial charge in [0.2, 0.25) is 5.95 Å². The summed E-state index contributed by atoms with van der Waals surface area (Å²) in [5, 5.41) is 7.37. The van der Waals surface area contributed by atoms with E-state index >= 15 is 0 Å². The molecule has 0 spiro atoms. The average molecular weight is 381 g/mol. The Morgan fingerprint density at radius 3 is 2.85 bits per heavy atom. The fraction of sp³-hybridized carbons (Fsp3) is 0.529. The third-order valence-electron chi connectivity index (χ3n) is 4.86. The second-order valence-corrected chi connectivity index (χ2v) is 6.73. The van der Waals surface area contributed by atoms with Crippen LogP contribution in [-0.2, 0) is 23.8 Å². The van der Waals surface area contributed by atoms with Crippen LogP contribution in [0.15, 0.2) is 23.1 Å². The van der Waals surface area contributed by atoms with Gasteiger partial charge in [-0.3, -0.25) is 4.79 Å². The molecule has 0 radical (unpaired) electrons. The summed E-state index contributed by atoms with van der Waals surface area (Å²) in [5.74, 6) is -0.156. The van der Waals surface area contributed by atoms with Gasteiger partial charge < -0.3 is 10.1 Å². The topological polar surface area (TPSA) is 81.9 Å². The Kier molecular flexibility index (Phi) is 4.58. The van der Waals surface area contributed by atoms with Crippen molar-refractivity contribution in [1.82, 2.24) is 19.7 Å². The van der Waals surface area contributed by atoms with Crippen LogP contribution in [0, 0.1) is 0 Å². The van der Waals surface area contributed by atoms with Crippen molar-refractivity contribution in [3.05, 3.63) is 45.6 Å². The predicted octanol–water partition coefficient (Wildman–Crippen LogP) is 1.98. The zero-order chi connectivity index (χ0) is 19.0. The number of nitrogens with one attached hydrogen (secondary N) is 1. The van der Waals surface area contributed by atoms with E-state index in [2.05, 4.69) is 20.4 Å². The molecule has 2 aromatic heterocycles. The fourth-order valence-electron chi connectivity index (χ4n) is 3.49. The molecular weight excluding hydrogens is 363 g/mol. The van der Waals surface area contributed by atoms with Gasteiger partial charge in [0.1, 0.15) is 11.7 Å². The number of anilines is 1. The van der Waals surface area contributed by atoms with Gasteiger partial charge in [-0.15, -0.1) is 0 Å². The van der Waals surface area contributed by atoms with Gasteiger partial charge in [-0.25, -0.2) is 14.6 Å². The molecule has 2 atom stereocenters. The Balaban J connectivity index is 1.59. The highest BCUT2D eigenvalue weighted by atomic mass is 19.4. The monoisotopic (exact) mass is 381 g/mol. The van der Waals surface area contributed by atoms with E-state index in [1.165, 1.54) is 4.68 Å². The largest absolute Gasteiger partial charge is 0.433 e. The molecule has 27 heavy (non-hydrogen) atoms. The zero-order valence-electron chi connectivity index (χ0n) is 14.4. The molecule has 1 saturated heterocycles. The van der Waals surface area contributed by atoms with Crippen LogP contribution < -0.4 is 10.9 Å². The number of rotatable bonds is 3. The van der Waals surface area contributed by atoms with Crippen molar-refractivity contribution in [2.45, 2.75) is 43.9 Å². The number of hydrogen-bond donors (Lipinski definition) is 1. The third kappa shape index (κ3) is 3.66. The van der Waals surface area contributed by atoms with Gasteiger partial charge in [0, 0.05) is 12.3 Å². The number of fused-ring (bicyclic) bond motifs is 1. The van der Waals surface area contributed by atoms with Crippen molar-refractivity contribution in [3.8, 4) is 0 Å². The normalized spacial score (nSPS) is 22.5. The summed E-state index contributed by atoms with van der Waals surface area (Å²) in [7, 11) is 0. The lowest BCUT2D eigenvalue weighted by atomic mass is 9.97. The van der Waals surface area contributed by atoms with Gasteiger partial charge in [-0.1, -0.05) is 0 Å². The van der Waals surface area contributed by atoms with Gasteiger partial charge in [0.25, 0.3) is 5.56 Å². The summed E-state index contributed by atoms with van der Waals surface area (Å²) in [6.45, 7) is 0.456. The molecule has 2 aromatic rings. The fourth-order valence-corrected chi connectivity index (χ4v) is 3.49. The van der Waals surface area contributed by atoms with Crippen molar-refractivity contribution in [1.29, 1.82) is 0 Å². The second kappa shape index (κ2) is 6.91. The summed E-state index contributed by atoms with van der Waals surface area (Å²) >= 11 is 0. The minimum absolute atomic E-state index is 0.156. The number of aromatic nitrogens is 4. The van der Waals surface area contributed by atoms with Crippen molar-refractivity contribution in [3.63, 3.8) is 0 Å². The number of hydrogen-bond acceptors (Lipinski definition) is 6. The highest BCUT2D eigenvalue weighted by Crippen LogP contribution is 2.28. The molecule has 7 nitrogen and oxygen atoms in total. The first-order valence-electron chi connectivity index (χ1n) is 8.78. The molecule has 1 aliphatic carbocycles. The predicted molar refractivity (Wildman–Crippen MR) is 89.4 cm³/mol. The number of ether oxygens (including phenoxy) is 1. The van der Waals surface area contributed by atoms with E-state index < -0.39 is 24.0 Å². The highest BCUT2D eigenvalue weighted by Gasteiger charge is 2.35. The SMILES string of the molecule is O=c1cc2c(nn1C1COCC1Nc1nccc(C(F)(F)F)n1)CCCC2. The van der Waals surface area contributed by atoms with Crippen LogP contribution in [0.5, 0.6) is 0 Å². The molecule has 1 fully saturated rings. The Morgan fingerprint density at radius 2 is 2.04 bits per heavy atom. The van der Waals surface area contributed by atoms with Crippen LogP contribution in [0.3, 0.4) is 0 Å². The lowest BCUT2D eigenvalue weighted by Gasteiger charge is -2.23. The molecule has 4 rings (SSSR count). The quantitative estimate of drug-likeness (QED) is 0.876. The molecule has 0 saturated carbocycles. The van der Waals surface area contributed by atoms with Crippen molar-refractivity contribution >= 4 is 5.95 Å². The van der Waals surface area contributed by atoms with Crippen LogP contribution >= 0.6 is 0 Å². The molecule has 2 aliphatic rings. The van der Waals surface area contributed by atoms with Crippen LogP contribution in [0.4, 0.5) is 19.1 Å². The van der Waals surface area contributed by atoms with E-state index in [1.807, 2.05) is 0 Å². The molecule has 144 valence electrons. The maximum absolute atomic E-state index is 12.8. The van der Waals surface area contributed by atoms with E-state index in [1.54, 1.807) is 6.07 Å². The first kappa shape index (κ1) is 17.9. The van der Waals surface area contributed by atoms with E-state index in [0.717, 1.165) is 49.2 Å². The minimum Gasteiger partial charge on any atom is -0.377 e. The summed E-state index contributed by atoms with van der Waals surface area (Å²) < 4.78 is 45.3. The number of halogens is 3. The van der Waals surface area contributed by atoms with Crippen LogP contribution in [0.25, 0.3) is 0 Å². The Labute approximate surface area is 152 Å². The molecule has 0 bridgehead atoms. The highest BCUT2D eigenvalue weighted by molar-refractivity contribution is 5.29. The number of aryl methyl sites for hydroxylation is 2. The van der Waals surface area contributed by atoms with Gasteiger partial charge in [0.05, 0.1) is 24.9 Å². The van der Waals surface area contributed by atoms with Gasteiger partial charge in [-0.2, -0.15) is 18.3 Å².